The second-order valence-corrected chi connectivity index (χ2v) is 12.5. The molecule has 3 heterocycles. The van der Waals surface area contributed by atoms with Gasteiger partial charge in [-0.1, -0.05) is 58.6 Å². The first-order chi connectivity index (χ1) is 17.6. The Morgan fingerprint density at radius 3 is 2.62 bits per heavy atom. The molecule has 210 valence electrons. The molecule has 1 saturated carbocycles. The Hall–Kier alpha value is -1.44. The number of carbonyl (C=O) groups excluding carboxylic acids is 2. The molecule has 1 N–H and O–H groups in total. The lowest BCUT2D eigenvalue weighted by Gasteiger charge is -2.47. The van der Waals surface area contributed by atoms with Crippen molar-refractivity contribution in [2.45, 2.75) is 129 Å². The van der Waals surface area contributed by atoms with Gasteiger partial charge in [0.1, 0.15) is 17.8 Å². The molecule has 1 aliphatic carbocycles. The third kappa shape index (κ3) is 5.79. The first kappa shape index (κ1) is 28.6. The van der Waals surface area contributed by atoms with Crippen LogP contribution in [-0.2, 0) is 28.5 Å². The molecule has 0 aromatic carbocycles. The molecule has 3 saturated heterocycles. The van der Waals surface area contributed by atoms with Gasteiger partial charge in [0, 0.05) is 18.8 Å². The zero-order chi connectivity index (χ0) is 26.9. The number of hydrogen-bond donors (Lipinski definition) is 1. The lowest BCUT2D eigenvalue weighted by atomic mass is 9.59. The molecule has 3 aliphatic heterocycles. The Morgan fingerprint density at radius 2 is 1.92 bits per heavy atom. The molecule has 0 aromatic heterocycles. The summed E-state index contributed by atoms with van der Waals surface area (Å²) < 4.78 is 25.5. The quantitative estimate of drug-likeness (QED) is 0.274. The normalized spacial score (nSPS) is 42.1. The summed E-state index contributed by atoms with van der Waals surface area (Å²) in [5.41, 5.74) is 0.249. The van der Waals surface area contributed by atoms with E-state index in [0.717, 1.165) is 44.1 Å². The zero-order valence-corrected chi connectivity index (χ0v) is 23.4. The van der Waals surface area contributed by atoms with E-state index >= 15 is 0 Å². The maximum Gasteiger partial charge on any atom is 0.335 e. The van der Waals surface area contributed by atoms with Crippen molar-refractivity contribution in [2.75, 3.05) is 6.61 Å². The van der Waals surface area contributed by atoms with E-state index in [9.17, 15) is 14.7 Å². The van der Waals surface area contributed by atoms with Gasteiger partial charge < -0.3 is 24.1 Å². The van der Waals surface area contributed by atoms with Crippen molar-refractivity contribution in [3.05, 3.63) is 12.2 Å². The van der Waals surface area contributed by atoms with E-state index in [4.69, 9.17) is 18.9 Å². The monoisotopic (exact) mass is 520 g/mol. The van der Waals surface area contributed by atoms with Crippen molar-refractivity contribution in [2.24, 2.45) is 29.6 Å². The van der Waals surface area contributed by atoms with Gasteiger partial charge in [0.2, 0.25) is 0 Å². The van der Waals surface area contributed by atoms with Crippen LogP contribution in [-0.4, -0.2) is 59.8 Å². The molecule has 2 bridgehead atoms. The zero-order valence-electron chi connectivity index (χ0n) is 23.4. The number of rotatable bonds is 8. The van der Waals surface area contributed by atoms with Crippen LogP contribution in [0.15, 0.2) is 12.2 Å². The SMILES string of the molecule is C=C1CC[C@@H](OC(C)=O)[C@]2(C)OC[C@H](C)C3C[C@@H](C)[C@@H](OC(=O)C(O)CCCCCC)[C@@H]4[C@H]3[C@@H]2O[C@H]4C1. The minimum atomic E-state index is -1.10. The smallest absolute Gasteiger partial charge is 0.335 e. The van der Waals surface area contributed by atoms with Crippen LogP contribution in [0.5, 0.6) is 0 Å². The number of aliphatic hydroxyl groups is 1. The van der Waals surface area contributed by atoms with Crippen LogP contribution >= 0.6 is 0 Å². The van der Waals surface area contributed by atoms with Crippen LogP contribution < -0.4 is 0 Å². The van der Waals surface area contributed by atoms with Crippen LogP contribution in [0.3, 0.4) is 0 Å². The van der Waals surface area contributed by atoms with Gasteiger partial charge in [-0.3, -0.25) is 4.79 Å². The van der Waals surface area contributed by atoms with E-state index in [0.29, 0.717) is 37.7 Å². The Bertz CT molecular complexity index is 842. The molecule has 4 fully saturated rings. The highest BCUT2D eigenvalue weighted by molar-refractivity contribution is 5.74. The highest BCUT2D eigenvalue weighted by Gasteiger charge is 2.65. The van der Waals surface area contributed by atoms with Crippen LogP contribution in [0, 0.1) is 29.6 Å². The first-order valence-electron chi connectivity index (χ1n) is 14.6. The van der Waals surface area contributed by atoms with E-state index in [1.165, 1.54) is 6.92 Å². The molecular weight excluding hydrogens is 472 g/mol. The van der Waals surface area contributed by atoms with Gasteiger partial charge in [0.05, 0.1) is 18.8 Å². The molecule has 0 amide bonds. The number of unbranched alkanes of at least 4 members (excludes halogenated alkanes) is 3. The minimum Gasteiger partial charge on any atom is -0.460 e. The molecule has 7 nitrogen and oxygen atoms in total. The van der Waals surface area contributed by atoms with Crippen molar-refractivity contribution in [3.8, 4) is 0 Å². The summed E-state index contributed by atoms with van der Waals surface area (Å²) in [7, 11) is 0. The third-order valence-electron chi connectivity index (χ3n) is 9.63. The van der Waals surface area contributed by atoms with E-state index < -0.39 is 23.8 Å². The van der Waals surface area contributed by atoms with Crippen molar-refractivity contribution in [1.82, 2.24) is 0 Å². The van der Waals surface area contributed by atoms with Gasteiger partial charge in [-0.05, 0) is 56.8 Å². The topological polar surface area (TPSA) is 91.3 Å². The largest absolute Gasteiger partial charge is 0.460 e. The number of hydrogen-bond acceptors (Lipinski definition) is 7. The van der Waals surface area contributed by atoms with Crippen LogP contribution in [0.2, 0.25) is 0 Å². The highest BCUT2D eigenvalue weighted by Crippen LogP contribution is 2.58. The average molecular weight is 521 g/mol. The molecule has 11 atom stereocenters. The Morgan fingerprint density at radius 1 is 1.16 bits per heavy atom. The van der Waals surface area contributed by atoms with E-state index in [1.54, 1.807) is 0 Å². The summed E-state index contributed by atoms with van der Waals surface area (Å²) >= 11 is 0. The van der Waals surface area contributed by atoms with Gasteiger partial charge in [0.15, 0.2) is 6.10 Å². The van der Waals surface area contributed by atoms with Gasteiger partial charge >= 0.3 is 11.9 Å². The number of aliphatic hydroxyl groups excluding tert-OH is 1. The molecule has 37 heavy (non-hydrogen) atoms. The predicted octanol–water partition coefficient (Wildman–Crippen LogP) is 4.98. The fraction of sp³-hybridized carbons (Fsp3) is 0.867. The summed E-state index contributed by atoms with van der Waals surface area (Å²) in [6.45, 7) is 14.9. The summed E-state index contributed by atoms with van der Waals surface area (Å²) in [5.74, 6) is 0.0221. The second-order valence-electron chi connectivity index (χ2n) is 12.5. The molecule has 0 radical (unpaired) electrons. The summed E-state index contributed by atoms with van der Waals surface area (Å²) in [5, 5.41) is 10.6. The Kier molecular flexibility index (Phi) is 9.07. The molecule has 0 aromatic rings. The lowest BCUT2D eigenvalue weighted by molar-refractivity contribution is -0.201. The summed E-state index contributed by atoms with van der Waals surface area (Å²) in [6.07, 6.45) is 5.10. The van der Waals surface area contributed by atoms with E-state index in [-0.39, 0.29) is 42.0 Å². The van der Waals surface area contributed by atoms with E-state index in [2.05, 4.69) is 27.4 Å². The second kappa shape index (κ2) is 11.7. The minimum absolute atomic E-state index is 0.0219. The lowest BCUT2D eigenvalue weighted by Crippen LogP contribution is -2.57. The molecule has 2 unspecified atom stereocenters. The van der Waals surface area contributed by atoms with Gasteiger partial charge in [-0.2, -0.15) is 0 Å². The molecule has 4 aliphatic rings. The molecule has 7 heteroatoms. The maximum atomic E-state index is 13.1. The van der Waals surface area contributed by atoms with Crippen molar-refractivity contribution < 1.29 is 33.6 Å². The number of fused-ring (bicyclic) bond motifs is 2. The van der Waals surface area contributed by atoms with Crippen LogP contribution in [0.1, 0.15) is 92.4 Å². The van der Waals surface area contributed by atoms with Gasteiger partial charge in [-0.25, -0.2) is 4.79 Å². The molecule has 4 rings (SSSR count). The molecule has 0 spiro atoms. The maximum absolute atomic E-state index is 13.1. The third-order valence-corrected chi connectivity index (χ3v) is 9.63. The fourth-order valence-corrected chi connectivity index (χ4v) is 7.64. The van der Waals surface area contributed by atoms with Crippen molar-refractivity contribution >= 4 is 11.9 Å². The van der Waals surface area contributed by atoms with Crippen molar-refractivity contribution in [1.29, 1.82) is 0 Å². The van der Waals surface area contributed by atoms with Gasteiger partial charge in [-0.15, -0.1) is 0 Å². The number of esters is 2. The Labute approximate surface area is 222 Å². The average Bonchev–Trinajstić information content (AvgIpc) is 3.19. The Balaban J connectivity index is 1.64. The van der Waals surface area contributed by atoms with Crippen LogP contribution in [0.25, 0.3) is 0 Å². The molecular formula is C30H48O7. The van der Waals surface area contributed by atoms with Crippen LogP contribution in [0.4, 0.5) is 0 Å². The highest BCUT2D eigenvalue weighted by atomic mass is 16.6. The first-order valence-corrected chi connectivity index (χ1v) is 14.6. The predicted molar refractivity (Wildman–Crippen MR) is 140 cm³/mol. The standard InChI is InChI=1S/C30H48O7/c1-7-8-9-10-11-22(32)29(33)37-27-18(3)15-21-19(4)16-34-30(6)24(35-20(5)31)13-12-17(2)14-23-26(27)25(21)28(30)36-23/h18-19,21-28,32H,2,7-16H2,1,3-6H3/t18-,19+,21?,22?,23+,24-,25+,26+,27-,28+,30+/m1/s1. The summed E-state index contributed by atoms with van der Waals surface area (Å²) in [6, 6.07) is 0. The number of carbonyl (C=O) groups is 2. The van der Waals surface area contributed by atoms with Gasteiger partial charge in [0.25, 0.3) is 0 Å². The van der Waals surface area contributed by atoms with Crippen molar-refractivity contribution in [3.63, 3.8) is 0 Å². The summed E-state index contributed by atoms with van der Waals surface area (Å²) in [4.78, 5) is 25.2. The van der Waals surface area contributed by atoms with E-state index in [1.807, 2.05) is 6.92 Å². The number of ether oxygens (including phenoxy) is 4. The fourth-order valence-electron chi connectivity index (χ4n) is 7.64.